The summed E-state index contributed by atoms with van der Waals surface area (Å²) in [6, 6.07) is 10.4. The fourth-order valence-corrected chi connectivity index (χ4v) is 2.82. The van der Waals surface area contributed by atoms with Crippen LogP contribution in [0.1, 0.15) is 51.7 Å². The zero-order valence-electron chi connectivity index (χ0n) is 15.6. The number of aliphatic hydroxyl groups is 1. The molecular weight excluding hydrogens is 298 g/mol. The topological polar surface area (TPSA) is 50.1 Å². The van der Waals surface area contributed by atoms with Gasteiger partial charge in [-0.3, -0.25) is 4.68 Å². The van der Waals surface area contributed by atoms with Crippen molar-refractivity contribution in [2.45, 2.75) is 52.6 Å². The minimum atomic E-state index is -0.177. The van der Waals surface area contributed by atoms with Crippen molar-refractivity contribution in [2.75, 3.05) is 13.2 Å². The highest BCUT2D eigenvalue weighted by molar-refractivity contribution is 5.22. The van der Waals surface area contributed by atoms with Crippen LogP contribution in [0.5, 0.6) is 0 Å². The lowest BCUT2D eigenvalue weighted by atomic mass is 9.75. The van der Waals surface area contributed by atoms with E-state index in [1.165, 1.54) is 11.1 Å². The van der Waals surface area contributed by atoms with Gasteiger partial charge in [0, 0.05) is 37.4 Å². The second kappa shape index (κ2) is 7.49. The van der Waals surface area contributed by atoms with Crippen molar-refractivity contribution in [2.24, 2.45) is 5.41 Å². The monoisotopic (exact) mass is 329 g/mol. The summed E-state index contributed by atoms with van der Waals surface area (Å²) >= 11 is 0. The van der Waals surface area contributed by atoms with Gasteiger partial charge in [-0.15, -0.1) is 0 Å². The molecule has 2 N–H and O–H groups in total. The Morgan fingerprint density at radius 1 is 1.12 bits per heavy atom. The Kier molecular flexibility index (Phi) is 5.83. The maximum Gasteiger partial charge on any atom is 0.0543 e. The second-order valence-corrected chi connectivity index (χ2v) is 8.20. The van der Waals surface area contributed by atoms with Crippen molar-refractivity contribution in [3.63, 3.8) is 0 Å². The summed E-state index contributed by atoms with van der Waals surface area (Å²) in [5, 5.41) is 17.8. The Bertz CT molecular complexity index is 626. The summed E-state index contributed by atoms with van der Waals surface area (Å²) in [6.45, 7) is 12.4. The van der Waals surface area contributed by atoms with E-state index in [0.717, 1.165) is 13.1 Å². The van der Waals surface area contributed by atoms with Gasteiger partial charge in [-0.05, 0) is 31.7 Å². The highest BCUT2D eigenvalue weighted by atomic mass is 16.3. The van der Waals surface area contributed by atoms with Crippen molar-refractivity contribution in [3.8, 4) is 0 Å². The van der Waals surface area contributed by atoms with Gasteiger partial charge < -0.3 is 10.4 Å². The summed E-state index contributed by atoms with van der Waals surface area (Å²) in [7, 11) is 0. The first-order chi connectivity index (χ1) is 11.2. The molecule has 0 saturated carbocycles. The number of nitrogens with zero attached hydrogens (tertiary/aromatic N) is 2. The number of aromatic nitrogens is 2. The second-order valence-electron chi connectivity index (χ2n) is 8.20. The molecule has 0 bridgehead atoms. The van der Waals surface area contributed by atoms with Crippen molar-refractivity contribution in [1.82, 2.24) is 15.1 Å². The average Bonchev–Trinajstić information content (AvgIpc) is 3.01. The molecule has 4 nitrogen and oxygen atoms in total. The van der Waals surface area contributed by atoms with Gasteiger partial charge in [0.1, 0.15) is 0 Å². The third-order valence-electron chi connectivity index (χ3n) is 4.55. The van der Waals surface area contributed by atoms with Gasteiger partial charge >= 0.3 is 0 Å². The summed E-state index contributed by atoms with van der Waals surface area (Å²) in [6.07, 6.45) is 4.02. The van der Waals surface area contributed by atoms with E-state index in [2.05, 4.69) is 75.5 Å². The molecule has 0 amide bonds. The standard InChI is InChI=1S/C20H31N3O/c1-19(2,3)23-14-16(12-22-23)11-21-13-18(20(4,5)15-24)17-9-7-6-8-10-17/h6-10,12,14,18,21,24H,11,13,15H2,1-5H3. The van der Waals surface area contributed by atoms with Crippen LogP contribution in [-0.2, 0) is 12.1 Å². The third-order valence-corrected chi connectivity index (χ3v) is 4.55. The molecule has 1 unspecified atom stereocenters. The molecule has 0 fully saturated rings. The molecule has 1 heterocycles. The maximum absolute atomic E-state index is 9.79. The number of hydrogen-bond donors (Lipinski definition) is 2. The average molecular weight is 329 g/mol. The minimum Gasteiger partial charge on any atom is -0.396 e. The van der Waals surface area contributed by atoms with Gasteiger partial charge in [0.25, 0.3) is 0 Å². The van der Waals surface area contributed by atoms with Crippen molar-refractivity contribution >= 4 is 0 Å². The van der Waals surface area contributed by atoms with E-state index >= 15 is 0 Å². The molecule has 2 aromatic rings. The molecule has 0 aliphatic carbocycles. The summed E-state index contributed by atoms with van der Waals surface area (Å²) in [5.41, 5.74) is 2.26. The molecule has 1 atom stereocenters. The van der Waals surface area contributed by atoms with Crippen molar-refractivity contribution in [3.05, 3.63) is 53.9 Å². The lowest BCUT2D eigenvalue weighted by molar-refractivity contribution is 0.129. The van der Waals surface area contributed by atoms with Crippen LogP contribution in [0.3, 0.4) is 0 Å². The molecule has 0 aliphatic heterocycles. The fourth-order valence-electron chi connectivity index (χ4n) is 2.82. The van der Waals surface area contributed by atoms with Crippen molar-refractivity contribution in [1.29, 1.82) is 0 Å². The van der Waals surface area contributed by atoms with Gasteiger partial charge in [0.15, 0.2) is 0 Å². The molecule has 0 saturated heterocycles. The number of aliphatic hydroxyl groups excluding tert-OH is 1. The lowest BCUT2D eigenvalue weighted by Gasteiger charge is -2.33. The lowest BCUT2D eigenvalue weighted by Crippen LogP contribution is -2.34. The van der Waals surface area contributed by atoms with E-state index in [-0.39, 0.29) is 23.5 Å². The van der Waals surface area contributed by atoms with Crippen LogP contribution < -0.4 is 5.32 Å². The van der Waals surface area contributed by atoms with Crippen LogP contribution in [0.25, 0.3) is 0 Å². The number of nitrogens with one attached hydrogen (secondary N) is 1. The van der Waals surface area contributed by atoms with Gasteiger partial charge in [-0.2, -0.15) is 5.10 Å². The Morgan fingerprint density at radius 2 is 1.79 bits per heavy atom. The zero-order valence-corrected chi connectivity index (χ0v) is 15.6. The molecule has 0 radical (unpaired) electrons. The fraction of sp³-hybridized carbons (Fsp3) is 0.550. The molecule has 1 aromatic carbocycles. The molecular formula is C20H31N3O. The highest BCUT2D eigenvalue weighted by Gasteiger charge is 2.29. The van der Waals surface area contributed by atoms with E-state index in [1.807, 2.05) is 16.9 Å². The first kappa shape index (κ1) is 18.7. The van der Waals surface area contributed by atoms with Crippen LogP contribution in [0.4, 0.5) is 0 Å². The number of hydrogen-bond acceptors (Lipinski definition) is 3. The molecule has 2 rings (SSSR count). The molecule has 1 aromatic heterocycles. The van der Waals surface area contributed by atoms with E-state index in [4.69, 9.17) is 0 Å². The number of rotatable bonds is 7. The van der Waals surface area contributed by atoms with Gasteiger partial charge in [-0.25, -0.2) is 0 Å². The normalized spacial score (nSPS) is 13.9. The smallest absolute Gasteiger partial charge is 0.0543 e. The molecule has 24 heavy (non-hydrogen) atoms. The van der Waals surface area contributed by atoms with E-state index in [9.17, 15) is 5.11 Å². The highest BCUT2D eigenvalue weighted by Crippen LogP contribution is 2.34. The van der Waals surface area contributed by atoms with Crippen LogP contribution in [0.2, 0.25) is 0 Å². The molecule has 4 heteroatoms. The predicted molar refractivity (Wildman–Crippen MR) is 99.0 cm³/mol. The minimum absolute atomic E-state index is 0.00367. The Balaban J connectivity index is 2.02. The van der Waals surface area contributed by atoms with E-state index < -0.39 is 0 Å². The number of benzene rings is 1. The molecule has 132 valence electrons. The zero-order chi connectivity index (χ0) is 17.8. The first-order valence-electron chi connectivity index (χ1n) is 8.64. The third kappa shape index (κ3) is 4.68. The van der Waals surface area contributed by atoms with Crippen molar-refractivity contribution < 1.29 is 5.11 Å². The van der Waals surface area contributed by atoms with Gasteiger partial charge in [0.05, 0.1) is 11.7 Å². The predicted octanol–water partition coefficient (Wildman–Crippen LogP) is 3.53. The van der Waals surface area contributed by atoms with E-state index in [0.29, 0.717) is 0 Å². The summed E-state index contributed by atoms with van der Waals surface area (Å²) in [4.78, 5) is 0. The summed E-state index contributed by atoms with van der Waals surface area (Å²) in [5.74, 6) is 0.251. The van der Waals surface area contributed by atoms with Crippen LogP contribution in [-0.4, -0.2) is 28.0 Å². The van der Waals surface area contributed by atoms with Crippen LogP contribution in [0.15, 0.2) is 42.7 Å². The van der Waals surface area contributed by atoms with E-state index in [1.54, 1.807) is 0 Å². The largest absolute Gasteiger partial charge is 0.396 e. The maximum atomic E-state index is 9.79. The summed E-state index contributed by atoms with van der Waals surface area (Å²) < 4.78 is 2.00. The quantitative estimate of drug-likeness (QED) is 0.817. The Morgan fingerprint density at radius 3 is 2.33 bits per heavy atom. The van der Waals surface area contributed by atoms with Crippen LogP contribution >= 0.6 is 0 Å². The molecule has 0 spiro atoms. The van der Waals surface area contributed by atoms with Gasteiger partial charge in [-0.1, -0.05) is 44.2 Å². The first-order valence-corrected chi connectivity index (χ1v) is 8.64. The SMILES string of the molecule is CC(C)(CO)C(CNCc1cnn(C(C)(C)C)c1)c1ccccc1. The molecule has 0 aliphatic rings. The van der Waals surface area contributed by atoms with Crippen LogP contribution in [0, 0.1) is 5.41 Å². The van der Waals surface area contributed by atoms with Gasteiger partial charge in [0.2, 0.25) is 0 Å². The Hall–Kier alpha value is -1.65. The Labute approximate surface area is 145 Å².